The molecule has 2 nitrogen and oxygen atoms in total. The van der Waals surface area contributed by atoms with Crippen LogP contribution >= 0.6 is 11.8 Å². The van der Waals surface area contributed by atoms with Gasteiger partial charge in [0, 0.05) is 36.6 Å². The van der Waals surface area contributed by atoms with E-state index in [1.165, 1.54) is 47.3 Å². The topological polar surface area (TPSA) is 18.5 Å². The third-order valence-electron chi connectivity index (χ3n) is 4.78. The molecule has 0 saturated carbocycles. The molecule has 2 saturated heterocycles. The summed E-state index contributed by atoms with van der Waals surface area (Å²) in [4.78, 5) is 1.48. The van der Waals surface area contributed by atoms with Crippen LogP contribution in [-0.2, 0) is 9.47 Å². The van der Waals surface area contributed by atoms with Crippen molar-refractivity contribution in [1.82, 2.24) is 0 Å². The number of rotatable bonds is 3. The molecule has 2 aliphatic heterocycles. The standard InChI is InChI=1S/C13H18OS.C8H14O/c1-10-4-3-5-11(2)13(10)15-12-6-8-14-9-7-12;1-7(2)8-3-5-9-6-4-8/h3-5,12H,6-9H2,1-2H3;8H,1,3-6H2,2H3. The fourth-order valence-electron chi connectivity index (χ4n) is 3.14. The summed E-state index contributed by atoms with van der Waals surface area (Å²) in [6, 6.07) is 6.54. The molecule has 1 aromatic carbocycles. The SMILES string of the molecule is C=C(C)C1CCOCC1.Cc1cccc(C)c1SC1CCOCC1. The van der Waals surface area contributed by atoms with E-state index in [2.05, 4.69) is 45.5 Å². The minimum Gasteiger partial charge on any atom is -0.381 e. The second-order valence-corrected chi connectivity index (χ2v) is 8.19. The molecule has 0 unspecified atom stereocenters. The Morgan fingerprint density at radius 2 is 1.46 bits per heavy atom. The van der Waals surface area contributed by atoms with Gasteiger partial charge in [0.2, 0.25) is 0 Å². The van der Waals surface area contributed by atoms with Gasteiger partial charge in [-0.3, -0.25) is 0 Å². The predicted octanol–water partition coefficient (Wildman–Crippen LogP) is 5.56. The normalized spacial score (nSPS) is 19.5. The molecule has 3 rings (SSSR count). The Labute approximate surface area is 152 Å². The molecule has 24 heavy (non-hydrogen) atoms. The zero-order valence-electron chi connectivity index (χ0n) is 15.5. The highest BCUT2D eigenvalue weighted by molar-refractivity contribution is 8.00. The molecule has 2 aliphatic rings. The fourth-order valence-corrected chi connectivity index (χ4v) is 4.41. The molecular weight excluding hydrogens is 316 g/mol. The van der Waals surface area contributed by atoms with Crippen molar-refractivity contribution in [1.29, 1.82) is 0 Å². The maximum absolute atomic E-state index is 5.38. The van der Waals surface area contributed by atoms with Crippen molar-refractivity contribution in [3.05, 3.63) is 41.5 Å². The molecule has 0 aromatic heterocycles. The third-order valence-corrected chi connectivity index (χ3v) is 6.46. The molecule has 0 radical (unpaired) electrons. The van der Waals surface area contributed by atoms with Crippen LogP contribution in [0.5, 0.6) is 0 Å². The fraction of sp³-hybridized carbons (Fsp3) is 0.619. The summed E-state index contributed by atoms with van der Waals surface area (Å²) in [5.41, 5.74) is 4.14. The summed E-state index contributed by atoms with van der Waals surface area (Å²) in [5, 5.41) is 0.749. The van der Waals surface area contributed by atoms with E-state index in [9.17, 15) is 0 Å². The Morgan fingerprint density at radius 1 is 0.958 bits per heavy atom. The summed E-state index contributed by atoms with van der Waals surface area (Å²) < 4.78 is 10.6. The Balaban J connectivity index is 0.000000198. The van der Waals surface area contributed by atoms with Crippen LogP contribution in [-0.4, -0.2) is 31.7 Å². The van der Waals surface area contributed by atoms with E-state index < -0.39 is 0 Å². The van der Waals surface area contributed by atoms with Crippen molar-refractivity contribution in [3.8, 4) is 0 Å². The van der Waals surface area contributed by atoms with Crippen LogP contribution in [0.4, 0.5) is 0 Å². The predicted molar refractivity (Wildman–Crippen MR) is 104 cm³/mol. The molecule has 2 fully saturated rings. The second-order valence-electron chi connectivity index (χ2n) is 6.88. The Kier molecular flexibility index (Phi) is 8.37. The quantitative estimate of drug-likeness (QED) is 0.666. The van der Waals surface area contributed by atoms with Gasteiger partial charge in [-0.05, 0) is 63.5 Å². The van der Waals surface area contributed by atoms with Crippen LogP contribution in [0.25, 0.3) is 0 Å². The maximum Gasteiger partial charge on any atom is 0.0476 e. The first-order valence-electron chi connectivity index (χ1n) is 9.11. The van der Waals surface area contributed by atoms with Gasteiger partial charge in [-0.2, -0.15) is 0 Å². The summed E-state index contributed by atoms with van der Waals surface area (Å²) in [6.45, 7) is 14.2. The van der Waals surface area contributed by atoms with Gasteiger partial charge in [0.15, 0.2) is 0 Å². The number of hydrogen-bond acceptors (Lipinski definition) is 3. The highest BCUT2D eigenvalue weighted by atomic mass is 32.2. The molecule has 0 bridgehead atoms. The van der Waals surface area contributed by atoms with Gasteiger partial charge in [0.1, 0.15) is 0 Å². The summed E-state index contributed by atoms with van der Waals surface area (Å²) in [5.74, 6) is 0.735. The van der Waals surface area contributed by atoms with Crippen LogP contribution in [0, 0.1) is 19.8 Å². The van der Waals surface area contributed by atoms with Crippen molar-refractivity contribution < 1.29 is 9.47 Å². The molecule has 134 valence electrons. The molecular formula is C21H32O2S. The van der Waals surface area contributed by atoms with Gasteiger partial charge in [0.25, 0.3) is 0 Å². The lowest BCUT2D eigenvalue weighted by atomic mass is 9.94. The van der Waals surface area contributed by atoms with Crippen molar-refractivity contribution in [2.45, 2.75) is 56.6 Å². The van der Waals surface area contributed by atoms with Crippen molar-refractivity contribution >= 4 is 11.8 Å². The summed E-state index contributed by atoms with van der Waals surface area (Å²) in [7, 11) is 0. The van der Waals surface area contributed by atoms with Crippen molar-refractivity contribution in [3.63, 3.8) is 0 Å². The Bertz CT molecular complexity index is 494. The lowest BCUT2D eigenvalue weighted by Crippen LogP contribution is -2.17. The molecule has 0 aliphatic carbocycles. The van der Waals surface area contributed by atoms with Crippen LogP contribution in [0.1, 0.15) is 43.7 Å². The zero-order chi connectivity index (χ0) is 17.4. The highest BCUT2D eigenvalue weighted by Crippen LogP contribution is 2.33. The van der Waals surface area contributed by atoms with Crippen LogP contribution < -0.4 is 0 Å². The first-order valence-corrected chi connectivity index (χ1v) is 9.99. The average molecular weight is 349 g/mol. The van der Waals surface area contributed by atoms with Gasteiger partial charge in [-0.1, -0.05) is 30.4 Å². The zero-order valence-corrected chi connectivity index (χ0v) is 16.3. The minimum absolute atomic E-state index is 0.735. The van der Waals surface area contributed by atoms with E-state index >= 15 is 0 Å². The molecule has 1 aromatic rings. The number of benzene rings is 1. The monoisotopic (exact) mass is 348 g/mol. The van der Waals surface area contributed by atoms with E-state index in [1.54, 1.807) is 0 Å². The molecule has 0 N–H and O–H groups in total. The molecule has 0 amide bonds. The maximum atomic E-state index is 5.38. The van der Waals surface area contributed by atoms with Crippen molar-refractivity contribution in [2.75, 3.05) is 26.4 Å². The first kappa shape index (κ1) is 19.6. The van der Waals surface area contributed by atoms with Gasteiger partial charge in [-0.25, -0.2) is 0 Å². The third kappa shape index (κ3) is 6.27. The van der Waals surface area contributed by atoms with E-state index in [0.717, 1.165) is 37.6 Å². The van der Waals surface area contributed by atoms with Crippen LogP contribution in [0.3, 0.4) is 0 Å². The second kappa shape index (κ2) is 10.3. The average Bonchev–Trinajstić information content (AvgIpc) is 2.60. The molecule has 2 heterocycles. The van der Waals surface area contributed by atoms with Gasteiger partial charge in [-0.15, -0.1) is 11.8 Å². The summed E-state index contributed by atoms with van der Waals surface area (Å²) in [6.07, 6.45) is 4.74. The van der Waals surface area contributed by atoms with E-state index in [0.29, 0.717) is 0 Å². The van der Waals surface area contributed by atoms with E-state index in [-0.39, 0.29) is 0 Å². The number of aryl methyl sites for hydroxylation is 2. The van der Waals surface area contributed by atoms with Gasteiger partial charge >= 0.3 is 0 Å². The number of ether oxygens (including phenoxy) is 2. The smallest absolute Gasteiger partial charge is 0.0476 e. The molecule has 0 spiro atoms. The van der Waals surface area contributed by atoms with Crippen molar-refractivity contribution in [2.24, 2.45) is 5.92 Å². The van der Waals surface area contributed by atoms with Gasteiger partial charge < -0.3 is 9.47 Å². The van der Waals surface area contributed by atoms with Crippen LogP contribution in [0.15, 0.2) is 35.2 Å². The highest BCUT2D eigenvalue weighted by Gasteiger charge is 2.16. The van der Waals surface area contributed by atoms with Crippen LogP contribution in [0.2, 0.25) is 0 Å². The van der Waals surface area contributed by atoms with Gasteiger partial charge in [0.05, 0.1) is 0 Å². The lowest BCUT2D eigenvalue weighted by Gasteiger charge is -2.23. The largest absolute Gasteiger partial charge is 0.381 e. The Hall–Kier alpha value is -0.770. The minimum atomic E-state index is 0.735. The number of thioether (sulfide) groups is 1. The molecule has 0 atom stereocenters. The van der Waals surface area contributed by atoms with E-state index in [1.807, 2.05) is 11.8 Å². The lowest BCUT2D eigenvalue weighted by molar-refractivity contribution is 0.0759. The molecule has 3 heteroatoms. The number of allylic oxidation sites excluding steroid dienone is 1. The Morgan fingerprint density at radius 3 is 1.92 bits per heavy atom. The summed E-state index contributed by atoms with van der Waals surface area (Å²) >= 11 is 2.04. The van der Waals surface area contributed by atoms with E-state index in [4.69, 9.17) is 9.47 Å². The number of hydrogen-bond donors (Lipinski definition) is 0. The first-order chi connectivity index (χ1) is 11.6.